The Balaban J connectivity index is 1.42. The van der Waals surface area contributed by atoms with Gasteiger partial charge < -0.3 is 9.30 Å². The first-order valence-electron chi connectivity index (χ1n) is 16.0. The molecule has 0 aliphatic carbocycles. The third-order valence-corrected chi connectivity index (χ3v) is 15.0. The van der Waals surface area contributed by atoms with Crippen LogP contribution in [-0.4, -0.2) is 19.4 Å². The van der Waals surface area contributed by atoms with Gasteiger partial charge in [-0.15, -0.1) is 0 Å². The highest BCUT2D eigenvalue weighted by molar-refractivity contribution is 7.20. The molecule has 8 aromatic rings. The fraction of sp³-hybridized carbons (Fsp3) is 0. The maximum atomic E-state index is 6.62. The van der Waals surface area contributed by atoms with Crippen LogP contribution >= 0.6 is 0 Å². The first-order chi connectivity index (χ1) is 22.9. The quantitative estimate of drug-likeness (QED) is 0.203. The van der Waals surface area contributed by atoms with E-state index in [-0.39, 0.29) is 6.71 Å². The second-order valence-corrected chi connectivity index (χ2v) is 16.2. The topological polar surface area (TPSA) is 14.2 Å². The Hall–Kier alpha value is -5.58. The van der Waals surface area contributed by atoms with Crippen LogP contribution in [0, 0.1) is 0 Å². The Morgan fingerprint density at radius 1 is 0.435 bits per heavy atom. The summed E-state index contributed by atoms with van der Waals surface area (Å²) in [6, 6.07) is 62.8. The van der Waals surface area contributed by atoms with Gasteiger partial charge in [-0.3, -0.25) is 0 Å². The number of para-hydroxylation sites is 3. The van der Waals surface area contributed by atoms with Gasteiger partial charge in [-0.2, -0.15) is 0 Å². The molecule has 0 saturated heterocycles. The predicted octanol–water partition coefficient (Wildman–Crippen LogP) is 5.10. The zero-order valence-electron chi connectivity index (χ0n) is 25.1. The molecule has 7 aromatic carbocycles. The predicted molar refractivity (Wildman–Crippen MR) is 196 cm³/mol. The van der Waals surface area contributed by atoms with Crippen LogP contribution in [0.4, 0.5) is 0 Å². The summed E-state index contributed by atoms with van der Waals surface area (Å²) in [6.07, 6.45) is 0. The van der Waals surface area contributed by atoms with Crippen molar-refractivity contribution in [3.8, 4) is 17.2 Å². The smallest absolute Gasteiger partial charge is 0.256 e. The van der Waals surface area contributed by atoms with Crippen molar-refractivity contribution in [2.45, 2.75) is 0 Å². The number of benzene rings is 7. The van der Waals surface area contributed by atoms with E-state index in [4.69, 9.17) is 4.74 Å². The molecule has 46 heavy (non-hydrogen) atoms. The fourth-order valence-electron chi connectivity index (χ4n) is 8.46. The monoisotopic (exact) mass is 601 g/mol. The molecule has 0 saturated carbocycles. The summed E-state index contributed by atoms with van der Waals surface area (Å²) in [7, 11) is -2.82. The van der Waals surface area contributed by atoms with E-state index in [0.29, 0.717) is 0 Å². The molecule has 0 spiro atoms. The SMILES string of the molecule is c1ccc([Si](c2ccccc2)(c2ccccc2)c2cccc3c4cccc5c4n(c23)-c2cccc3c2B5c2ccccc2O3)cc1. The van der Waals surface area contributed by atoms with Crippen molar-refractivity contribution in [3.63, 3.8) is 0 Å². The summed E-state index contributed by atoms with van der Waals surface area (Å²) in [5.74, 6) is 1.89. The number of rotatable bonds is 4. The molecule has 4 heteroatoms. The van der Waals surface area contributed by atoms with Crippen LogP contribution in [0.2, 0.25) is 0 Å². The van der Waals surface area contributed by atoms with E-state index >= 15 is 0 Å². The van der Waals surface area contributed by atoms with Gasteiger partial charge in [0.15, 0.2) is 8.07 Å². The van der Waals surface area contributed by atoms with Crippen LogP contribution in [0.15, 0.2) is 170 Å². The number of fused-ring (bicyclic) bond motifs is 7. The lowest BCUT2D eigenvalue weighted by molar-refractivity contribution is 0.487. The van der Waals surface area contributed by atoms with Crippen molar-refractivity contribution in [2.75, 3.05) is 0 Å². The van der Waals surface area contributed by atoms with Crippen molar-refractivity contribution >= 4 is 73.7 Å². The number of aromatic nitrogens is 1. The van der Waals surface area contributed by atoms with Gasteiger partial charge in [0.05, 0.1) is 5.52 Å². The minimum atomic E-state index is -2.82. The van der Waals surface area contributed by atoms with E-state index in [0.717, 1.165) is 11.5 Å². The zero-order valence-corrected chi connectivity index (χ0v) is 26.1. The molecule has 10 rings (SSSR count). The molecule has 2 aliphatic rings. The average Bonchev–Trinajstić information content (AvgIpc) is 3.48. The molecule has 3 heterocycles. The van der Waals surface area contributed by atoms with E-state index in [2.05, 4.69) is 174 Å². The summed E-state index contributed by atoms with van der Waals surface area (Å²) in [5, 5.41) is 8.10. The van der Waals surface area contributed by atoms with Gasteiger partial charge in [0, 0.05) is 22.0 Å². The molecule has 1 aromatic heterocycles. The molecular weight excluding hydrogens is 573 g/mol. The molecule has 0 atom stereocenters. The number of hydrogen-bond donors (Lipinski definition) is 0. The van der Waals surface area contributed by atoms with Crippen molar-refractivity contribution in [1.29, 1.82) is 0 Å². The molecular formula is C42H28BNOSi. The normalized spacial score (nSPS) is 12.9. The second kappa shape index (κ2) is 9.71. The highest BCUT2D eigenvalue weighted by atomic mass is 28.3. The van der Waals surface area contributed by atoms with E-state index in [1.807, 2.05) is 0 Å². The molecule has 2 nitrogen and oxygen atoms in total. The Labute approximate surface area is 269 Å². The first-order valence-corrected chi connectivity index (χ1v) is 18.0. The minimum absolute atomic E-state index is 0.111. The Bertz CT molecular complexity index is 2360. The maximum absolute atomic E-state index is 6.62. The molecule has 2 aliphatic heterocycles. The van der Waals surface area contributed by atoms with E-state index in [1.54, 1.807) is 0 Å². The number of nitrogens with zero attached hydrogens (tertiary/aromatic N) is 1. The molecule has 0 fully saturated rings. The lowest BCUT2D eigenvalue weighted by Crippen LogP contribution is -2.75. The molecule has 214 valence electrons. The van der Waals surface area contributed by atoms with E-state index in [9.17, 15) is 0 Å². The van der Waals surface area contributed by atoms with Gasteiger partial charge >= 0.3 is 0 Å². The second-order valence-electron chi connectivity index (χ2n) is 12.4. The fourth-order valence-corrected chi connectivity index (χ4v) is 13.4. The van der Waals surface area contributed by atoms with Crippen LogP contribution < -0.4 is 41.9 Å². The van der Waals surface area contributed by atoms with Crippen molar-refractivity contribution in [3.05, 3.63) is 170 Å². The Morgan fingerprint density at radius 2 is 0.957 bits per heavy atom. The zero-order chi connectivity index (χ0) is 30.2. The van der Waals surface area contributed by atoms with Crippen LogP contribution in [0.1, 0.15) is 0 Å². The van der Waals surface area contributed by atoms with Crippen LogP contribution in [-0.2, 0) is 0 Å². The summed E-state index contributed by atoms with van der Waals surface area (Å²) >= 11 is 0. The summed E-state index contributed by atoms with van der Waals surface area (Å²) < 4.78 is 9.21. The highest BCUT2D eigenvalue weighted by Crippen LogP contribution is 2.37. The molecule has 0 radical (unpaired) electrons. The van der Waals surface area contributed by atoms with Crippen molar-refractivity contribution < 1.29 is 4.74 Å². The summed E-state index contributed by atoms with van der Waals surface area (Å²) in [5.41, 5.74) is 7.61. The van der Waals surface area contributed by atoms with Crippen LogP contribution in [0.3, 0.4) is 0 Å². The van der Waals surface area contributed by atoms with Gasteiger partial charge in [-0.25, -0.2) is 0 Å². The highest BCUT2D eigenvalue weighted by Gasteiger charge is 2.45. The van der Waals surface area contributed by atoms with Crippen LogP contribution in [0.25, 0.3) is 27.5 Å². The molecule has 0 N–H and O–H groups in total. The van der Waals surface area contributed by atoms with E-state index < -0.39 is 8.07 Å². The summed E-state index contributed by atoms with van der Waals surface area (Å²) in [4.78, 5) is 0. The lowest BCUT2D eigenvalue weighted by atomic mass is 9.34. The van der Waals surface area contributed by atoms with Gasteiger partial charge in [0.2, 0.25) is 0 Å². The van der Waals surface area contributed by atoms with E-state index in [1.165, 1.54) is 64.6 Å². The average molecular weight is 602 g/mol. The number of hydrogen-bond acceptors (Lipinski definition) is 1. The third kappa shape index (κ3) is 3.31. The molecule has 0 bridgehead atoms. The maximum Gasteiger partial charge on any atom is 0.256 e. The van der Waals surface area contributed by atoms with Crippen molar-refractivity contribution in [1.82, 2.24) is 4.57 Å². The van der Waals surface area contributed by atoms with Gasteiger partial charge in [-0.05, 0) is 55.3 Å². The molecule has 0 unspecified atom stereocenters. The first kappa shape index (κ1) is 25.7. The molecule has 0 amide bonds. The third-order valence-electron chi connectivity index (χ3n) is 10.2. The standard InChI is InChI=1S/C42H28BNOSi/c1-4-15-29(16-5-1)46(30-17-6-2-7-18-30,31-19-8-3-9-20-31)39-28-13-22-33-32-21-12-24-35-41(32)44(42(33)39)36-25-14-27-38-40(36)43(35)34-23-10-11-26-37(34)45-38/h1-28H. The largest absolute Gasteiger partial charge is 0.458 e. The Kier molecular flexibility index (Phi) is 5.43. The summed E-state index contributed by atoms with van der Waals surface area (Å²) in [6.45, 7) is 0.111. The number of ether oxygens (including phenoxy) is 1. The Morgan fingerprint density at radius 3 is 1.63 bits per heavy atom. The lowest BCUT2D eigenvalue weighted by Gasteiger charge is -2.36. The minimum Gasteiger partial charge on any atom is -0.458 e. The van der Waals surface area contributed by atoms with Crippen LogP contribution in [0.5, 0.6) is 11.5 Å². The van der Waals surface area contributed by atoms with Gasteiger partial charge in [0.25, 0.3) is 6.71 Å². The van der Waals surface area contributed by atoms with Gasteiger partial charge in [-0.1, -0.05) is 152 Å². The van der Waals surface area contributed by atoms with Crippen molar-refractivity contribution in [2.24, 2.45) is 0 Å². The van der Waals surface area contributed by atoms with Gasteiger partial charge in [0.1, 0.15) is 11.5 Å².